The minimum atomic E-state index is -0.247. The summed E-state index contributed by atoms with van der Waals surface area (Å²) in [7, 11) is 2.14. The summed E-state index contributed by atoms with van der Waals surface area (Å²) in [5.74, 6) is -0.247. The van der Waals surface area contributed by atoms with Crippen LogP contribution in [0.2, 0.25) is 0 Å². The SMILES string of the molecule is CCOC(=O)c1cc(N2CCOCC2)cc(N2CCN(C)CC2)c1. The Morgan fingerprint density at radius 3 is 2.17 bits per heavy atom. The number of benzene rings is 1. The Balaban J connectivity index is 1.88. The predicted molar refractivity (Wildman–Crippen MR) is 95.1 cm³/mol. The number of likely N-dealkylation sites (N-methyl/N-ethyl adjacent to an activating group) is 1. The molecule has 0 unspecified atom stereocenters. The number of hydrogen-bond acceptors (Lipinski definition) is 6. The lowest BCUT2D eigenvalue weighted by Gasteiger charge is -2.35. The molecule has 2 aliphatic heterocycles. The van der Waals surface area contributed by atoms with Crippen molar-refractivity contribution in [3.8, 4) is 0 Å². The van der Waals surface area contributed by atoms with Gasteiger partial charge in [-0.1, -0.05) is 0 Å². The molecule has 1 aromatic carbocycles. The second kappa shape index (κ2) is 7.85. The van der Waals surface area contributed by atoms with Crippen LogP contribution >= 0.6 is 0 Å². The number of carbonyl (C=O) groups is 1. The average molecular weight is 333 g/mol. The number of rotatable bonds is 4. The molecule has 0 spiro atoms. The number of morpholine rings is 1. The van der Waals surface area contributed by atoms with E-state index in [4.69, 9.17) is 9.47 Å². The summed E-state index contributed by atoms with van der Waals surface area (Å²) in [4.78, 5) is 19.2. The van der Waals surface area contributed by atoms with Crippen molar-refractivity contribution >= 4 is 17.3 Å². The first kappa shape index (κ1) is 17.0. The molecule has 0 aromatic heterocycles. The fourth-order valence-electron chi connectivity index (χ4n) is 3.18. The van der Waals surface area contributed by atoms with Gasteiger partial charge in [0.05, 0.1) is 25.4 Å². The van der Waals surface area contributed by atoms with E-state index in [1.807, 2.05) is 19.1 Å². The van der Waals surface area contributed by atoms with E-state index in [2.05, 4.69) is 27.8 Å². The first-order valence-corrected chi connectivity index (χ1v) is 8.76. The number of hydrogen-bond donors (Lipinski definition) is 0. The number of piperazine rings is 1. The van der Waals surface area contributed by atoms with Crippen LogP contribution in [0.4, 0.5) is 11.4 Å². The second-order valence-electron chi connectivity index (χ2n) is 6.35. The molecular formula is C18H27N3O3. The van der Waals surface area contributed by atoms with E-state index in [-0.39, 0.29) is 5.97 Å². The quantitative estimate of drug-likeness (QED) is 0.777. The van der Waals surface area contributed by atoms with Crippen LogP contribution in [0.5, 0.6) is 0 Å². The standard InChI is InChI=1S/C18H27N3O3/c1-3-24-18(22)15-12-16(20-6-4-19(2)5-7-20)14-17(13-15)21-8-10-23-11-9-21/h12-14H,3-11H2,1-2H3. The number of anilines is 2. The predicted octanol–water partition coefficient (Wildman–Crippen LogP) is 1.45. The van der Waals surface area contributed by atoms with Gasteiger partial charge < -0.3 is 24.2 Å². The van der Waals surface area contributed by atoms with Crippen molar-refractivity contribution in [2.75, 3.05) is 75.9 Å². The summed E-state index contributed by atoms with van der Waals surface area (Å²) in [5.41, 5.74) is 2.82. The molecule has 2 aliphatic rings. The molecule has 24 heavy (non-hydrogen) atoms. The molecule has 0 atom stereocenters. The molecular weight excluding hydrogens is 306 g/mol. The molecule has 0 amide bonds. The van der Waals surface area contributed by atoms with Gasteiger partial charge in [0.2, 0.25) is 0 Å². The number of esters is 1. The summed E-state index contributed by atoms with van der Waals surface area (Å²) < 4.78 is 10.7. The Morgan fingerprint density at radius 2 is 1.58 bits per heavy atom. The number of nitrogens with zero attached hydrogens (tertiary/aromatic N) is 3. The molecule has 3 rings (SSSR count). The largest absolute Gasteiger partial charge is 0.462 e. The topological polar surface area (TPSA) is 45.2 Å². The van der Waals surface area contributed by atoms with Gasteiger partial charge in [0.25, 0.3) is 0 Å². The summed E-state index contributed by atoms with van der Waals surface area (Å²) in [6, 6.07) is 6.11. The molecule has 2 heterocycles. The van der Waals surface area contributed by atoms with Gasteiger partial charge in [0, 0.05) is 50.6 Å². The van der Waals surface area contributed by atoms with E-state index in [0.717, 1.165) is 63.9 Å². The van der Waals surface area contributed by atoms with Crippen molar-refractivity contribution in [3.05, 3.63) is 23.8 Å². The van der Waals surface area contributed by atoms with Gasteiger partial charge in [-0.3, -0.25) is 0 Å². The fourth-order valence-corrected chi connectivity index (χ4v) is 3.18. The van der Waals surface area contributed by atoms with E-state index in [9.17, 15) is 4.79 Å². The van der Waals surface area contributed by atoms with Crippen molar-refractivity contribution in [1.29, 1.82) is 0 Å². The fraction of sp³-hybridized carbons (Fsp3) is 0.611. The van der Waals surface area contributed by atoms with Gasteiger partial charge in [-0.15, -0.1) is 0 Å². The van der Waals surface area contributed by atoms with E-state index in [1.165, 1.54) is 0 Å². The van der Waals surface area contributed by atoms with Gasteiger partial charge in [0.15, 0.2) is 0 Å². The molecule has 2 saturated heterocycles. The summed E-state index contributed by atoms with van der Waals surface area (Å²) in [6.07, 6.45) is 0. The van der Waals surface area contributed by atoms with E-state index in [0.29, 0.717) is 12.2 Å². The third-order valence-electron chi connectivity index (χ3n) is 4.66. The van der Waals surface area contributed by atoms with Crippen molar-refractivity contribution < 1.29 is 14.3 Å². The monoisotopic (exact) mass is 333 g/mol. The van der Waals surface area contributed by atoms with Crippen LogP contribution < -0.4 is 9.80 Å². The molecule has 6 heteroatoms. The summed E-state index contributed by atoms with van der Waals surface area (Å²) in [6.45, 7) is 9.43. The van der Waals surface area contributed by atoms with Crippen LogP contribution in [-0.2, 0) is 9.47 Å². The minimum absolute atomic E-state index is 0.247. The van der Waals surface area contributed by atoms with Crippen LogP contribution in [-0.4, -0.2) is 77.0 Å². The number of ether oxygens (including phenoxy) is 2. The van der Waals surface area contributed by atoms with Crippen LogP contribution in [0.1, 0.15) is 17.3 Å². The van der Waals surface area contributed by atoms with Gasteiger partial charge in [0.1, 0.15) is 0 Å². The van der Waals surface area contributed by atoms with Crippen LogP contribution in [0, 0.1) is 0 Å². The Morgan fingerprint density at radius 1 is 1.00 bits per heavy atom. The Bertz CT molecular complexity index is 565. The maximum absolute atomic E-state index is 12.3. The van der Waals surface area contributed by atoms with Gasteiger partial charge >= 0.3 is 5.97 Å². The molecule has 0 bridgehead atoms. The maximum Gasteiger partial charge on any atom is 0.338 e. The molecule has 2 fully saturated rings. The molecule has 1 aromatic rings. The highest BCUT2D eigenvalue weighted by molar-refractivity contribution is 5.92. The van der Waals surface area contributed by atoms with Gasteiger partial charge in [-0.2, -0.15) is 0 Å². The minimum Gasteiger partial charge on any atom is -0.462 e. The highest BCUT2D eigenvalue weighted by Gasteiger charge is 2.20. The van der Waals surface area contributed by atoms with E-state index in [1.54, 1.807) is 0 Å². The van der Waals surface area contributed by atoms with Crippen molar-refractivity contribution in [1.82, 2.24) is 4.90 Å². The smallest absolute Gasteiger partial charge is 0.338 e. The molecule has 0 aliphatic carbocycles. The molecule has 0 radical (unpaired) electrons. The van der Waals surface area contributed by atoms with Gasteiger partial charge in [-0.25, -0.2) is 4.79 Å². The van der Waals surface area contributed by atoms with Crippen molar-refractivity contribution in [2.45, 2.75) is 6.92 Å². The van der Waals surface area contributed by atoms with Gasteiger partial charge in [-0.05, 0) is 32.2 Å². The van der Waals surface area contributed by atoms with Crippen LogP contribution in [0.15, 0.2) is 18.2 Å². The molecule has 0 N–H and O–H groups in total. The molecule has 132 valence electrons. The zero-order valence-electron chi connectivity index (χ0n) is 14.7. The van der Waals surface area contributed by atoms with Crippen LogP contribution in [0.3, 0.4) is 0 Å². The highest BCUT2D eigenvalue weighted by atomic mass is 16.5. The first-order valence-electron chi connectivity index (χ1n) is 8.76. The zero-order valence-corrected chi connectivity index (χ0v) is 14.7. The maximum atomic E-state index is 12.3. The lowest BCUT2D eigenvalue weighted by atomic mass is 10.1. The van der Waals surface area contributed by atoms with Crippen molar-refractivity contribution in [2.24, 2.45) is 0 Å². The second-order valence-corrected chi connectivity index (χ2v) is 6.35. The summed E-state index contributed by atoms with van der Waals surface area (Å²) >= 11 is 0. The Kier molecular flexibility index (Phi) is 5.58. The Hall–Kier alpha value is -1.79. The third-order valence-corrected chi connectivity index (χ3v) is 4.66. The van der Waals surface area contributed by atoms with Crippen molar-refractivity contribution in [3.63, 3.8) is 0 Å². The Labute approximate surface area is 143 Å². The first-order chi connectivity index (χ1) is 11.7. The lowest BCUT2D eigenvalue weighted by Crippen LogP contribution is -2.44. The highest BCUT2D eigenvalue weighted by Crippen LogP contribution is 2.27. The third kappa shape index (κ3) is 3.99. The zero-order chi connectivity index (χ0) is 16.9. The van der Waals surface area contributed by atoms with E-state index >= 15 is 0 Å². The lowest BCUT2D eigenvalue weighted by molar-refractivity contribution is 0.0526. The number of carbonyl (C=O) groups excluding carboxylic acids is 1. The van der Waals surface area contributed by atoms with Crippen LogP contribution in [0.25, 0.3) is 0 Å². The summed E-state index contributed by atoms with van der Waals surface area (Å²) in [5, 5.41) is 0. The van der Waals surface area contributed by atoms with E-state index < -0.39 is 0 Å². The normalized spacial score (nSPS) is 19.4. The molecule has 0 saturated carbocycles. The average Bonchev–Trinajstić information content (AvgIpc) is 2.63. The molecule has 6 nitrogen and oxygen atoms in total.